The Morgan fingerprint density at radius 1 is 0.271 bits per heavy atom. The summed E-state index contributed by atoms with van der Waals surface area (Å²) >= 11 is 0. The van der Waals surface area contributed by atoms with E-state index in [4.69, 9.17) is 10.5 Å². The van der Waals surface area contributed by atoms with Gasteiger partial charge in [-0.2, -0.15) is 0 Å². The van der Waals surface area contributed by atoms with Crippen molar-refractivity contribution in [1.82, 2.24) is 0 Å². The van der Waals surface area contributed by atoms with Crippen LogP contribution in [0.5, 0.6) is 0 Å². The van der Waals surface area contributed by atoms with E-state index in [1.165, 1.54) is 33.4 Å². The summed E-state index contributed by atoms with van der Waals surface area (Å²) in [6.07, 6.45) is 0. The zero-order valence-electron chi connectivity index (χ0n) is 28.5. The van der Waals surface area contributed by atoms with E-state index >= 15 is 0 Å². The maximum absolute atomic E-state index is 14.2. The first kappa shape index (κ1) is 36.5. The average Bonchev–Trinajstić information content (AvgIpc) is 3.10. The average molecular weight is 675 g/mol. The van der Waals surface area contributed by atoms with Crippen LogP contribution in [-0.2, 0) is 9.13 Å². The lowest BCUT2D eigenvalue weighted by Gasteiger charge is -2.20. The summed E-state index contributed by atoms with van der Waals surface area (Å²) in [4.78, 5) is 0. The largest absolute Gasteiger partial charge is 0.309 e. The van der Waals surface area contributed by atoms with Crippen LogP contribution in [-0.4, -0.2) is 10.5 Å². The minimum absolute atomic E-state index is 0.885. The van der Waals surface area contributed by atoms with Crippen LogP contribution in [0.3, 0.4) is 0 Å². The molecule has 0 aliphatic rings. The number of hydrogen-bond donors (Lipinski definition) is 2. The van der Waals surface area contributed by atoms with Crippen molar-refractivity contribution in [2.45, 2.75) is 41.5 Å². The van der Waals surface area contributed by atoms with E-state index in [9.17, 15) is 9.13 Å². The molecule has 6 heteroatoms. The van der Waals surface area contributed by atoms with E-state index in [0.29, 0.717) is 0 Å². The van der Waals surface area contributed by atoms with E-state index in [1.807, 2.05) is 187 Å². The topological polar surface area (TPSA) is 74.6 Å². The Bertz CT molecular complexity index is 1610. The second-order valence-electron chi connectivity index (χ2n) is 12.2. The summed E-state index contributed by atoms with van der Waals surface area (Å²) in [5, 5.41) is 17.3. The third-order valence-electron chi connectivity index (χ3n) is 8.39. The fraction of sp³-hybridized carbons (Fsp3) is 0.143. The van der Waals surface area contributed by atoms with Gasteiger partial charge >= 0.3 is 0 Å². The molecule has 0 aliphatic carbocycles. The molecule has 0 spiro atoms. The van der Waals surface area contributed by atoms with Crippen LogP contribution in [0, 0.1) is 41.5 Å². The molecule has 0 radical (unpaired) electrons. The van der Waals surface area contributed by atoms with Crippen molar-refractivity contribution in [1.29, 1.82) is 0 Å². The molecule has 4 nitrogen and oxygen atoms in total. The van der Waals surface area contributed by atoms with Crippen molar-refractivity contribution in [3.8, 4) is 0 Å². The number of rotatable bonds is 6. The summed E-state index contributed by atoms with van der Waals surface area (Å²) in [5.74, 6) is 0. The van der Waals surface area contributed by atoms with Crippen LogP contribution in [0.4, 0.5) is 0 Å². The second kappa shape index (κ2) is 16.2. The van der Waals surface area contributed by atoms with Gasteiger partial charge in [0.15, 0.2) is 14.3 Å². The first-order valence-corrected chi connectivity index (χ1v) is 19.2. The molecule has 0 aliphatic heterocycles. The Kier molecular flexibility index (Phi) is 12.3. The van der Waals surface area contributed by atoms with Gasteiger partial charge in [-0.25, -0.2) is 0 Å². The van der Waals surface area contributed by atoms with Crippen LogP contribution in [0.1, 0.15) is 33.4 Å². The molecule has 6 aromatic carbocycles. The molecule has 0 saturated carbocycles. The minimum atomic E-state index is -2.84. The number of benzene rings is 6. The van der Waals surface area contributed by atoms with Gasteiger partial charge in [0.25, 0.3) is 0 Å². The Labute approximate surface area is 285 Å². The highest BCUT2D eigenvalue weighted by molar-refractivity contribution is 7.85. The van der Waals surface area contributed by atoms with Gasteiger partial charge in [0.2, 0.25) is 0 Å². The van der Waals surface area contributed by atoms with Crippen molar-refractivity contribution in [3.05, 3.63) is 179 Å². The van der Waals surface area contributed by atoms with Gasteiger partial charge in [-0.1, -0.05) is 179 Å². The molecule has 246 valence electrons. The summed E-state index contributed by atoms with van der Waals surface area (Å²) in [6.45, 7) is 12.3. The molecule has 0 saturated heterocycles. The molecule has 0 heterocycles. The lowest BCUT2D eigenvalue weighted by molar-refractivity contribution is -0.176. The maximum atomic E-state index is 14.2. The van der Waals surface area contributed by atoms with Crippen LogP contribution in [0.15, 0.2) is 146 Å². The van der Waals surface area contributed by atoms with E-state index in [-0.39, 0.29) is 0 Å². The molecule has 2 N–H and O–H groups in total. The highest BCUT2D eigenvalue weighted by Gasteiger charge is 2.30. The number of hydrogen-bond acceptors (Lipinski definition) is 4. The summed E-state index contributed by atoms with van der Waals surface area (Å²) < 4.78 is 28.3. The van der Waals surface area contributed by atoms with Crippen molar-refractivity contribution in [2.75, 3.05) is 0 Å². The first-order chi connectivity index (χ1) is 23.0. The highest BCUT2D eigenvalue weighted by Crippen LogP contribution is 2.43. The monoisotopic (exact) mass is 674 g/mol. The van der Waals surface area contributed by atoms with Crippen LogP contribution in [0.25, 0.3) is 0 Å². The Balaban J connectivity index is 0.000000206. The predicted octanol–water partition coefficient (Wildman–Crippen LogP) is 8.52. The van der Waals surface area contributed by atoms with E-state index in [1.54, 1.807) is 0 Å². The molecule has 6 rings (SSSR count). The molecule has 0 amide bonds. The van der Waals surface area contributed by atoms with Crippen molar-refractivity contribution < 1.29 is 19.6 Å². The third-order valence-corrected chi connectivity index (χ3v) is 14.5. The predicted molar refractivity (Wildman–Crippen MR) is 205 cm³/mol. The zero-order valence-corrected chi connectivity index (χ0v) is 30.3. The third kappa shape index (κ3) is 8.21. The lowest BCUT2D eigenvalue weighted by atomic mass is 10.2. The summed E-state index contributed by atoms with van der Waals surface area (Å²) in [6, 6.07) is 48.3. The fourth-order valence-electron chi connectivity index (χ4n) is 5.42. The first-order valence-electron chi connectivity index (χ1n) is 15.8. The van der Waals surface area contributed by atoms with Gasteiger partial charge in [0.05, 0.1) is 0 Å². The van der Waals surface area contributed by atoms with Gasteiger partial charge < -0.3 is 9.13 Å². The molecule has 0 atom stereocenters. The maximum Gasteiger partial charge on any atom is 0.171 e. The van der Waals surface area contributed by atoms with E-state index in [0.717, 1.165) is 31.8 Å². The molecule has 0 aromatic heterocycles. The van der Waals surface area contributed by atoms with Gasteiger partial charge in [-0.3, -0.25) is 10.5 Å². The van der Waals surface area contributed by atoms with Gasteiger partial charge in [0.1, 0.15) is 0 Å². The fourth-order valence-corrected chi connectivity index (χ4v) is 10.6. The minimum Gasteiger partial charge on any atom is -0.309 e. The summed E-state index contributed by atoms with van der Waals surface area (Å²) in [5.41, 5.74) is 7.05. The molecular weight excluding hydrogens is 630 g/mol. The van der Waals surface area contributed by atoms with Crippen molar-refractivity contribution in [3.63, 3.8) is 0 Å². The molecule has 6 aromatic rings. The summed E-state index contributed by atoms with van der Waals surface area (Å²) in [7, 11) is -5.67. The van der Waals surface area contributed by atoms with Gasteiger partial charge in [-0.15, -0.1) is 0 Å². The Hall–Kier alpha value is -4.30. The Morgan fingerprint density at radius 2 is 0.375 bits per heavy atom. The standard InChI is InChI=1S/2C21H21OP.H2O2/c2*1-16-4-10-19(11-5-16)23(22,20-12-6-17(2)7-13-20)21-14-8-18(3)9-15-21;1-2/h2*4-15H,1-3H3;1-2H. The lowest BCUT2D eigenvalue weighted by Crippen LogP contribution is -2.25. The van der Waals surface area contributed by atoms with Crippen molar-refractivity contribution in [2.24, 2.45) is 0 Å². The highest BCUT2D eigenvalue weighted by atomic mass is 31.2. The molecule has 48 heavy (non-hydrogen) atoms. The normalized spacial score (nSPS) is 11.1. The van der Waals surface area contributed by atoms with E-state index in [2.05, 4.69) is 0 Å². The Morgan fingerprint density at radius 3 is 0.479 bits per heavy atom. The zero-order chi connectivity index (χ0) is 34.9. The quantitative estimate of drug-likeness (QED) is 0.106. The van der Waals surface area contributed by atoms with Crippen LogP contribution >= 0.6 is 14.3 Å². The number of aryl methyl sites for hydroxylation is 6. The van der Waals surface area contributed by atoms with Crippen molar-refractivity contribution >= 4 is 46.1 Å². The smallest absolute Gasteiger partial charge is 0.171 e. The van der Waals surface area contributed by atoms with Crippen LogP contribution < -0.4 is 31.8 Å². The van der Waals surface area contributed by atoms with E-state index < -0.39 is 14.3 Å². The SMILES string of the molecule is Cc1ccc(P(=O)(c2ccc(C)cc2)c2ccc(C)cc2)cc1.Cc1ccc(P(=O)(c2ccc(C)cc2)c2ccc(C)cc2)cc1.OO. The second-order valence-corrected chi connectivity index (χ2v) is 17.8. The molecular formula is C42H44O4P2. The van der Waals surface area contributed by atoms with Gasteiger partial charge in [-0.05, 0) is 41.5 Å². The van der Waals surface area contributed by atoms with Crippen LogP contribution in [0.2, 0.25) is 0 Å². The molecule has 0 bridgehead atoms. The van der Waals surface area contributed by atoms with Gasteiger partial charge in [0, 0.05) is 31.8 Å². The molecule has 0 fully saturated rings. The molecule has 0 unspecified atom stereocenters.